The number of hydrogen-bond donors (Lipinski definition) is 0. The largest absolute Gasteiger partial charge is 0.346 e. The molecule has 1 aliphatic heterocycles. The number of aryl methyl sites for hydroxylation is 1. The summed E-state index contributed by atoms with van der Waals surface area (Å²) in [4.78, 5) is 2.47. The predicted molar refractivity (Wildman–Crippen MR) is 71.6 cm³/mol. The van der Waals surface area contributed by atoms with Crippen LogP contribution in [-0.2, 0) is 6.42 Å². The van der Waals surface area contributed by atoms with E-state index in [1.54, 1.807) is 11.3 Å². The molecule has 0 aromatic carbocycles. The lowest BCUT2D eigenvalue weighted by Gasteiger charge is -2.22. The van der Waals surface area contributed by atoms with Crippen LogP contribution < -0.4 is 4.90 Å². The fourth-order valence-corrected chi connectivity index (χ4v) is 4.28. The van der Waals surface area contributed by atoms with E-state index >= 15 is 0 Å². The van der Waals surface area contributed by atoms with Gasteiger partial charge in [-0.1, -0.05) is 31.1 Å². The summed E-state index contributed by atoms with van der Waals surface area (Å²) < 4.78 is 0. The molecule has 2 heterocycles. The van der Waals surface area contributed by atoms with Crippen LogP contribution in [0.5, 0.6) is 0 Å². The molecule has 1 saturated carbocycles. The third-order valence-electron chi connectivity index (χ3n) is 4.29. The van der Waals surface area contributed by atoms with E-state index < -0.39 is 0 Å². The van der Waals surface area contributed by atoms with E-state index in [0.29, 0.717) is 5.41 Å². The fourth-order valence-electron chi connectivity index (χ4n) is 3.32. The third-order valence-corrected chi connectivity index (χ3v) is 5.34. The van der Waals surface area contributed by atoms with Crippen LogP contribution in [-0.4, -0.2) is 23.3 Å². The molecule has 94 valence electrons. The zero-order chi connectivity index (χ0) is 11.7. The van der Waals surface area contributed by atoms with Crippen LogP contribution in [0.2, 0.25) is 0 Å². The van der Waals surface area contributed by atoms with Gasteiger partial charge in [-0.05, 0) is 31.1 Å². The molecule has 0 unspecified atom stereocenters. The second-order valence-electron chi connectivity index (χ2n) is 5.61. The van der Waals surface area contributed by atoms with Crippen molar-refractivity contribution in [3.8, 4) is 0 Å². The zero-order valence-electron chi connectivity index (χ0n) is 10.6. The van der Waals surface area contributed by atoms with Gasteiger partial charge in [0.25, 0.3) is 0 Å². The minimum atomic E-state index is 0.636. The Morgan fingerprint density at radius 1 is 1.24 bits per heavy atom. The summed E-state index contributed by atoms with van der Waals surface area (Å²) >= 11 is 1.80. The van der Waals surface area contributed by atoms with Crippen LogP contribution in [0, 0.1) is 5.41 Å². The first-order chi connectivity index (χ1) is 8.31. The van der Waals surface area contributed by atoms with Crippen molar-refractivity contribution in [2.45, 2.75) is 51.9 Å². The Kier molecular flexibility index (Phi) is 3.07. The monoisotopic (exact) mass is 251 g/mol. The van der Waals surface area contributed by atoms with E-state index in [-0.39, 0.29) is 0 Å². The van der Waals surface area contributed by atoms with Gasteiger partial charge in [0, 0.05) is 19.5 Å². The Hall–Kier alpha value is -0.640. The summed E-state index contributed by atoms with van der Waals surface area (Å²) in [6.45, 7) is 4.62. The van der Waals surface area contributed by atoms with Crippen molar-refractivity contribution in [1.82, 2.24) is 10.2 Å². The lowest BCUT2D eigenvalue weighted by atomic mass is 9.86. The summed E-state index contributed by atoms with van der Waals surface area (Å²) in [5.41, 5.74) is 0.636. The average molecular weight is 251 g/mol. The first kappa shape index (κ1) is 11.5. The number of aromatic nitrogens is 2. The third kappa shape index (κ3) is 2.19. The van der Waals surface area contributed by atoms with Gasteiger partial charge < -0.3 is 4.90 Å². The molecule has 1 spiro atoms. The van der Waals surface area contributed by atoms with Crippen LogP contribution in [0.3, 0.4) is 0 Å². The molecule has 3 rings (SSSR count). The average Bonchev–Trinajstić information content (AvgIpc) is 3.03. The number of anilines is 1. The zero-order valence-corrected chi connectivity index (χ0v) is 11.4. The van der Waals surface area contributed by atoms with Gasteiger partial charge in [-0.3, -0.25) is 0 Å². The summed E-state index contributed by atoms with van der Waals surface area (Å²) in [5.74, 6) is 0. The van der Waals surface area contributed by atoms with Gasteiger partial charge in [0.15, 0.2) is 0 Å². The second kappa shape index (κ2) is 4.56. The molecule has 1 saturated heterocycles. The van der Waals surface area contributed by atoms with Crippen molar-refractivity contribution in [2.75, 3.05) is 18.0 Å². The molecule has 0 radical (unpaired) electrons. The minimum Gasteiger partial charge on any atom is -0.346 e. The SMILES string of the molecule is CCCc1nnc(N2CCC3(CCCC3)C2)s1. The maximum absolute atomic E-state index is 4.37. The predicted octanol–water partition coefficient (Wildman–Crippen LogP) is 3.26. The van der Waals surface area contributed by atoms with E-state index in [0.717, 1.165) is 11.6 Å². The minimum absolute atomic E-state index is 0.636. The van der Waals surface area contributed by atoms with Crippen molar-refractivity contribution < 1.29 is 0 Å². The first-order valence-corrected chi connectivity index (χ1v) is 7.70. The summed E-state index contributed by atoms with van der Waals surface area (Å²) in [5, 5.41) is 11.0. The topological polar surface area (TPSA) is 29.0 Å². The normalized spacial score (nSPS) is 22.8. The highest BCUT2D eigenvalue weighted by molar-refractivity contribution is 7.15. The molecule has 1 aromatic rings. The fraction of sp³-hybridized carbons (Fsp3) is 0.846. The molecule has 0 N–H and O–H groups in total. The van der Waals surface area contributed by atoms with Gasteiger partial charge in [-0.2, -0.15) is 0 Å². The Morgan fingerprint density at radius 3 is 2.82 bits per heavy atom. The van der Waals surface area contributed by atoms with Crippen molar-refractivity contribution in [3.63, 3.8) is 0 Å². The van der Waals surface area contributed by atoms with E-state index in [2.05, 4.69) is 22.0 Å². The molecule has 1 aromatic heterocycles. The number of rotatable bonds is 3. The molecule has 2 aliphatic rings. The van der Waals surface area contributed by atoms with Crippen LogP contribution in [0.15, 0.2) is 0 Å². The van der Waals surface area contributed by atoms with Gasteiger partial charge in [0.05, 0.1) is 0 Å². The standard InChI is InChI=1S/C13H21N3S/c1-2-5-11-14-15-12(17-11)16-9-8-13(10-16)6-3-4-7-13/h2-10H2,1H3. The highest BCUT2D eigenvalue weighted by Crippen LogP contribution is 2.46. The molecule has 0 atom stereocenters. The highest BCUT2D eigenvalue weighted by Gasteiger charge is 2.40. The summed E-state index contributed by atoms with van der Waals surface area (Å²) in [6, 6.07) is 0. The van der Waals surface area contributed by atoms with Gasteiger partial charge in [0.2, 0.25) is 5.13 Å². The molecule has 1 aliphatic carbocycles. The Labute approximate surface area is 107 Å². The molecule has 0 amide bonds. The lowest BCUT2D eigenvalue weighted by Crippen LogP contribution is -2.24. The number of hydrogen-bond acceptors (Lipinski definition) is 4. The smallest absolute Gasteiger partial charge is 0.208 e. The Balaban J connectivity index is 1.68. The maximum atomic E-state index is 4.37. The van der Waals surface area contributed by atoms with Crippen LogP contribution in [0.25, 0.3) is 0 Å². The van der Waals surface area contributed by atoms with Crippen LogP contribution in [0.4, 0.5) is 5.13 Å². The van der Waals surface area contributed by atoms with Gasteiger partial charge in [0.1, 0.15) is 5.01 Å². The van der Waals surface area contributed by atoms with Gasteiger partial charge >= 0.3 is 0 Å². The first-order valence-electron chi connectivity index (χ1n) is 6.89. The quantitative estimate of drug-likeness (QED) is 0.825. The number of nitrogens with zero attached hydrogens (tertiary/aromatic N) is 3. The maximum Gasteiger partial charge on any atom is 0.208 e. The van der Waals surface area contributed by atoms with Crippen molar-refractivity contribution in [1.29, 1.82) is 0 Å². The Bertz CT molecular complexity index is 382. The van der Waals surface area contributed by atoms with E-state index in [1.807, 2.05) is 0 Å². The van der Waals surface area contributed by atoms with Gasteiger partial charge in [-0.25, -0.2) is 0 Å². The molecule has 2 fully saturated rings. The molecular formula is C13H21N3S. The second-order valence-corrected chi connectivity index (χ2v) is 6.65. The van der Waals surface area contributed by atoms with Crippen molar-refractivity contribution >= 4 is 16.5 Å². The molecule has 3 nitrogen and oxygen atoms in total. The lowest BCUT2D eigenvalue weighted by molar-refractivity contribution is 0.340. The van der Waals surface area contributed by atoms with Gasteiger partial charge in [-0.15, -0.1) is 10.2 Å². The molecule has 17 heavy (non-hydrogen) atoms. The van der Waals surface area contributed by atoms with Crippen molar-refractivity contribution in [3.05, 3.63) is 5.01 Å². The van der Waals surface area contributed by atoms with Crippen molar-refractivity contribution in [2.24, 2.45) is 5.41 Å². The van der Waals surface area contributed by atoms with E-state index in [9.17, 15) is 0 Å². The molecular weight excluding hydrogens is 230 g/mol. The summed E-state index contributed by atoms with van der Waals surface area (Å²) in [7, 11) is 0. The van der Waals surface area contributed by atoms with Crippen LogP contribution >= 0.6 is 11.3 Å². The summed E-state index contributed by atoms with van der Waals surface area (Å²) in [6.07, 6.45) is 9.36. The van der Waals surface area contributed by atoms with Crippen LogP contribution in [0.1, 0.15) is 50.5 Å². The van der Waals surface area contributed by atoms with E-state index in [1.165, 1.54) is 56.6 Å². The Morgan fingerprint density at radius 2 is 2.06 bits per heavy atom. The molecule has 4 heteroatoms. The van der Waals surface area contributed by atoms with E-state index in [4.69, 9.17) is 0 Å². The highest BCUT2D eigenvalue weighted by atomic mass is 32.1. The molecule has 0 bridgehead atoms.